The van der Waals surface area contributed by atoms with Gasteiger partial charge in [0.2, 0.25) is 0 Å². The minimum absolute atomic E-state index is 0.388. The number of rotatable bonds is 0. The molecule has 0 aromatic heterocycles. The van der Waals surface area contributed by atoms with Gasteiger partial charge >= 0.3 is 0 Å². The van der Waals surface area contributed by atoms with Crippen LogP contribution in [0, 0.1) is 0 Å². The molecule has 0 nitrogen and oxygen atoms in total. The lowest BCUT2D eigenvalue weighted by Crippen LogP contribution is -2.05. The molecule has 1 unspecified atom stereocenters. The lowest BCUT2D eigenvalue weighted by molar-refractivity contribution is 1.36. The average Bonchev–Trinajstić information content (AvgIpc) is 1.69. The number of hydrogen-bond acceptors (Lipinski definition) is 2. The van der Waals surface area contributed by atoms with E-state index in [0.717, 1.165) is 5.75 Å². The van der Waals surface area contributed by atoms with Crippen LogP contribution in [-0.4, -0.2) is 22.0 Å². The summed E-state index contributed by atoms with van der Waals surface area (Å²) < 4.78 is 0.388. The van der Waals surface area contributed by atoms with Crippen LogP contribution in [0.1, 0.15) is 0 Å². The van der Waals surface area contributed by atoms with E-state index in [-0.39, 0.29) is 0 Å². The van der Waals surface area contributed by atoms with Crippen LogP contribution in [-0.2, 0) is 0 Å². The van der Waals surface area contributed by atoms with E-state index >= 15 is 0 Å². The molecular weight excluding hydrogens is 148 g/mol. The van der Waals surface area contributed by atoms with Crippen LogP contribution < -0.4 is 0 Å². The van der Waals surface area contributed by atoms with Crippen molar-refractivity contribution in [1.29, 1.82) is 0 Å². The van der Waals surface area contributed by atoms with Crippen LogP contribution in [0.3, 0.4) is 0 Å². The van der Waals surface area contributed by atoms with Crippen LogP contribution in [0.2, 0.25) is 0 Å². The first-order chi connectivity index (χ1) is 3.39. The van der Waals surface area contributed by atoms with Crippen molar-refractivity contribution in [2.24, 2.45) is 0 Å². The van der Waals surface area contributed by atoms with Gasteiger partial charge in [-0.05, 0) is 0 Å². The number of alkyl halides is 1. The van der Waals surface area contributed by atoms with Gasteiger partial charge in [-0.2, -0.15) is 11.8 Å². The van der Waals surface area contributed by atoms with Crippen LogP contribution in [0.25, 0.3) is 0 Å². The Kier molecular flexibility index (Phi) is 2.71. The minimum Gasteiger partial charge on any atom is -0.159 e. The van der Waals surface area contributed by atoms with Crippen LogP contribution in [0.4, 0.5) is 0 Å². The van der Waals surface area contributed by atoms with Gasteiger partial charge in [-0.3, -0.25) is 0 Å². The quantitative estimate of drug-likeness (QED) is 0.490. The number of hydrogen-bond donors (Lipinski definition) is 0. The Hall–Kier alpha value is 0.990. The first kappa shape index (κ1) is 6.12. The molecule has 1 atom stereocenters. The minimum atomic E-state index is 0.388. The lowest BCUT2D eigenvalue weighted by atomic mass is 10.9. The molecular formula is C4H7ClS2. The highest BCUT2D eigenvalue weighted by Crippen LogP contribution is 2.25. The summed E-state index contributed by atoms with van der Waals surface area (Å²) in [6.45, 7) is 0. The summed E-state index contributed by atoms with van der Waals surface area (Å²) in [7, 11) is 0. The number of thioether (sulfide) groups is 2. The van der Waals surface area contributed by atoms with Gasteiger partial charge in [-0.25, -0.2) is 0 Å². The molecule has 0 aromatic rings. The second-order valence-electron chi connectivity index (χ2n) is 1.36. The molecule has 1 fully saturated rings. The number of halogens is 1. The zero-order valence-electron chi connectivity index (χ0n) is 3.89. The van der Waals surface area contributed by atoms with E-state index in [2.05, 4.69) is 0 Å². The van der Waals surface area contributed by atoms with Crippen LogP contribution >= 0.6 is 35.1 Å². The first-order valence-corrected chi connectivity index (χ1v) is 4.87. The Labute approximate surface area is 57.4 Å². The van der Waals surface area contributed by atoms with E-state index in [1.54, 1.807) is 0 Å². The normalized spacial score (nSPS) is 33.0. The molecule has 1 aliphatic heterocycles. The van der Waals surface area contributed by atoms with E-state index in [4.69, 9.17) is 11.6 Å². The highest BCUT2D eigenvalue weighted by molar-refractivity contribution is 8.07. The summed E-state index contributed by atoms with van der Waals surface area (Å²) in [6, 6.07) is 0. The molecule has 3 heteroatoms. The second kappa shape index (κ2) is 3.10. The third-order valence-corrected chi connectivity index (χ3v) is 3.99. The molecule has 0 N–H and O–H groups in total. The molecule has 42 valence electrons. The zero-order valence-corrected chi connectivity index (χ0v) is 6.28. The molecule has 0 amide bonds. The average molecular weight is 155 g/mol. The summed E-state index contributed by atoms with van der Waals surface area (Å²) in [5, 5.41) is 0. The van der Waals surface area contributed by atoms with E-state index in [9.17, 15) is 0 Å². The maximum absolute atomic E-state index is 5.76. The summed E-state index contributed by atoms with van der Waals surface area (Å²) in [4.78, 5) is 0. The Morgan fingerprint density at radius 3 is 2.57 bits per heavy atom. The summed E-state index contributed by atoms with van der Waals surface area (Å²) in [5.74, 6) is 3.65. The fourth-order valence-corrected chi connectivity index (χ4v) is 3.13. The molecule has 1 rings (SSSR count). The Bertz CT molecular complexity index is 51.7. The van der Waals surface area contributed by atoms with Gasteiger partial charge in [0.05, 0.1) is 4.71 Å². The van der Waals surface area contributed by atoms with Crippen molar-refractivity contribution in [2.75, 3.05) is 17.3 Å². The van der Waals surface area contributed by atoms with Crippen molar-refractivity contribution in [2.45, 2.75) is 4.71 Å². The van der Waals surface area contributed by atoms with Crippen molar-refractivity contribution in [3.63, 3.8) is 0 Å². The second-order valence-corrected chi connectivity index (χ2v) is 4.60. The van der Waals surface area contributed by atoms with Crippen molar-refractivity contribution in [3.05, 3.63) is 0 Å². The summed E-state index contributed by atoms with van der Waals surface area (Å²) >= 11 is 9.57. The van der Waals surface area contributed by atoms with Crippen molar-refractivity contribution in [1.82, 2.24) is 0 Å². The smallest absolute Gasteiger partial charge is 0.0879 e. The lowest BCUT2D eigenvalue weighted by Gasteiger charge is -2.13. The molecule has 1 aliphatic rings. The highest BCUT2D eigenvalue weighted by atomic mass is 35.5. The van der Waals surface area contributed by atoms with Gasteiger partial charge in [0.15, 0.2) is 0 Å². The maximum atomic E-state index is 5.76. The van der Waals surface area contributed by atoms with Crippen molar-refractivity contribution < 1.29 is 0 Å². The Balaban J connectivity index is 2.12. The fourth-order valence-electron chi connectivity index (χ4n) is 0.459. The van der Waals surface area contributed by atoms with Crippen LogP contribution in [0.15, 0.2) is 0 Å². The predicted molar refractivity (Wildman–Crippen MR) is 39.4 cm³/mol. The Morgan fingerprint density at radius 1 is 1.43 bits per heavy atom. The van der Waals surface area contributed by atoms with Gasteiger partial charge in [-0.1, -0.05) is 0 Å². The van der Waals surface area contributed by atoms with Crippen molar-refractivity contribution in [3.8, 4) is 0 Å². The SMILES string of the molecule is ClC1CSCCS1. The maximum Gasteiger partial charge on any atom is 0.0879 e. The highest BCUT2D eigenvalue weighted by Gasteiger charge is 2.08. The molecule has 0 saturated carbocycles. The largest absolute Gasteiger partial charge is 0.159 e. The first-order valence-electron chi connectivity index (χ1n) is 2.23. The van der Waals surface area contributed by atoms with E-state index in [0.29, 0.717) is 4.71 Å². The van der Waals surface area contributed by atoms with Gasteiger partial charge < -0.3 is 0 Å². The summed E-state index contributed by atoms with van der Waals surface area (Å²) in [5.41, 5.74) is 0. The van der Waals surface area contributed by atoms with E-state index < -0.39 is 0 Å². The molecule has 0 aromatic carbocycles. The molecule has 0 bridgehead atoms. The molecule has 1 saturated heterocycles. The molecule has 0 aliphatic carbocycles. The van der Waals surface area contributed by atoms with Gasteiger partial charge in [0, 0.05) is 17.3 Å². The predicted octanol–water partition coefficient (Wildman–Crippen LogP) is 2.03. The standard InChI is InChI=1S/C4H7ClS2/c5-4-3-6-1-2-7-4/h4H,1-3H2. The molecule has 1 heterocycles. The molecule has 0 spiro atoms. The molecule has 7 heavy (non-hydrogen) atoms. The van der Waals surface area contributed by atoms with Gasteiger partial charge in [0.1, 0.15) is 0 Å². The monoisotopic (exact) mass is 154 g/mol. The van der Waals surface area contributed by atoms with Crippen molar-refractivity contribution >= 4 is 35.1 Å². The third-order valence-electron chi connectivity index (χ3n) is 0.775. The third kappa shape index (κ3) is 2.15. The van der Waals surface area contributed by atoms with Gasteiger partial charge in [-0.15, -0.1) is 23.4 Å². The summed E-state index contributed by atoms with van der Waals surface area (Å²) in [6.07, 6.45) is 0. The van der Waals surface area contributed by atoms with Gasteiger partial charge in [0.25, 0.3) is 0 Å². The Morgan fingerprint density at radius 2 is 2.29 bits per heavy atom. The fraction of sp³-hybridized carbons (Fsp3) is 1.00. The zero-order chi connectivity index (χ0) is 5.11. The van der Waals surface area contributed by atoms with Crippen LogP contribution in [0.5, 0.6) is 0 Å². The van der Waals surface area contributed by atoms with E-state index in [1.807, 2.05) is 23.5 Å². The van der Waals surface area contributed by atoms with E-state index in [1.165, 1.54) is 11.5 Å². The molecule has 0 radical (unpaired) electrons. The topological polar surface area (TPSA) is 0 Å².